The highest BCUT2D eigenvalue weighted by Crippen LogP contribution is 2.44. The van der Waals surface area contributed by atoms with Crippen LogP contribution in [0.15, 0.2) is 54.6 Å². The van der Waals surface area contributed by atoms with Gasteiger partial charge in [0.1, 0.15) is 0 Å². The van der Waals surface area contributed by atoms with Crippen LogP contribution in [0.4, 0.5) is 13.2 Å². The summed E-state index contributed by atoms with van der Waals surface area (Å²) in [7, 11) is 1.32. The number of aliphatic hydroxyl groups excluding tert-OH is 1. The molecule has 2 N–H and O–H groups in total. The Kier molecular flexibility index (Phi) is 5.87. The molecule has 1 heterocycles. The molecule has 176 valence electrons. The van der Waals surface area contributed by atoms with Gasteiger partial charge in [0.15, 0.2) is 23.2 Å². The molecule has 0 unspecified atom stereocenters. The average Bonchev–Trinajstić information content (AvgIpc) is 3.14. The maximum atomic E-state index is 14.4. The molecule has 0 atom stereocenters. The van der Waals surface area contributed by atoms with Crippen molar-refractivity contribution >= 4 is 16.9 Å². The van der Waals surface area contributed by atoms with Crippen molar-refractivity contribution in [2.75, 3.05) is 13.7 Å². The van der Waals surface area contributed by atoms with Crippen LogP contribution < -0.4 is 4.74 Å². The van der Waals surface area contributed by atoms with Crippen molar-refractivity contribution in [1.82, 2.24) is 4.57 Å². The van der Waals surface area contributed by atoms with Crippen molar-refractivity contribution in [3.8, 4) is 22.6 Å². The number of aliphatic hydroxyl groups is 1. The molecule has 0 radical (unpaired) electrons. The average molecular weight is 469 g/mol. The number of ether oxygens (including phenoxy) is 1. The van der Waals surface area contributed by atoms with Crippen molar-refractivity contribution in [1.29, 1.82) is 0 Å². The maximum Gasteiger partial charge on any atom is 0.335 e. The van der Waals surface area contributed by atoms with Gasteiger partial charge >= 0.3 is 5.97 Å². The fourth-order valence-electron chi connectivity index (χ4n) is 4.12. The zero-order valence-corrected chi connectivity index (χ0v) is 18.7. The number of aromatic nitrogens is 1. The molecule has 0 amide bonds. The summed E-state index contributed by atoms with van der Waals surface area (Å²) in [4.78, 5) is 11.3. The predicted molar refractivity (Wildman–Crippen MR) is 122 cm³/mol. The van der Waals surface area contributed by atoms with Gasteiger partial charge in [0, 0.05) is 39.9 Å². The number of hydrogen-bond donors (Lipinski definition) is 2. The summed E-state index contributed by atoms with van der Waals surface area (Å²) in [6, 6.07) is 12.2. The number of aromatic carboxylic acids is 1. The lowest BCUT2D eigenvalue weighted by Crippen LogP contribution is -2.26. The van der Waals surface area contributed by atoms with E-state index in [-0.39, 0.29) is 17.9 Å². The first-order valence-electron chi connectivity index (χ1n) is 10.4. The topological polar surface area (TPSA) is 71.7 Å². The summed E-state index contributed by atoms with van der Waals surface area (Å²) in [5.41, 5.74) is 1.40. The second kappa shape index (κ2) is 8.53. The smallest absolute Gasteiger partial charge is 0.335 e. The molecule has 0 aliphatic rings. The molecule has 0 spiro atoms. The highest BCUT2D eigenvalue weighted by atomic mass is 19.2. The predicted octanol–water partition coefficient (Wildman–Crippen LogP) is 5.69. The Labute approximate surface area is 193 Å². The number of nitrogens with zero attached hydrogens (tertiary/aromatic N) is 1. The number of benzene rings is 3. The van der Waals surface area contributed by atoms with Gasteiger partial charge in [-0.15, -0.1) is 0 Å². The van der Waals surface area contributed by atoms with Crippen molar-refractivity contribution < 1.29 is 32.9 Å². The third-order valence-corrected chi connectivity index (χ3v) is 5.86. The number of methoxy groups -OCH3 is 1. The van der Waals surface area contributed by atoms with Crippen molar-refractivity contribution in [3.63, 3.8) is 0 Å². The Hall–Kier alpha value is -3.78. The first-order valence-corrected chi connectivity index (χ1v) is 10.4. The van der Waals surface area contributed by atoms with Gasteiger partial charge in [-0.25, -0.2) is 18.0 Å². The molecule has 0 saturated carbocycles. The molecule has 4 aromatic rings. The summed E-state index contributed by atoms with van der Waals surface area (Å²) in [5.74, 6) is -3.86. The lowest BCUT2D eigenvalue weighted by molar-refractivity contribution is 0.0697. The van der Waals surface area contributed by atoms with Crippen LogP contribution in [0.3, 0.4) is 0 Å². The van der Waals surface area contributed by atoms with E-state index in [1.807, 2.05) is 0 Å². The van der Waals surface area contributed by atoms with E-state index in [0.717, 1.165) is 12.1 Å². The normalized spacial score (nSPS) is 11.7. The summed E-state index contributed by atoms with van der Waals surface area (Å²) in [6.07, 6.45) is 0. The molecule has 0 saturated heterocycles. The minimum atomic E-state index is -1.10. The van der Waals surface area contributed by atoms with Crippen LogP contribution in [0.1, 0.15) is 29.9 Å². The van der Waals surface area contributed by atoms with Gasteiger partial charge in [-0.2, -0.15) is 0 Å². The number of rotatable bonds is 6. The Morgan fingerprint density at radius 3 is 2.21 bits per heavy atom. The lowest BCUT2D eigenvalue weighted by atomic mass is 9.84. The van der Waals surface area contributed by atoms with E-state index in [2.05, 4.69) is 0 Å². The van der Waals surface area contributed by atoms with Gasteiger partial charge in [-0.1, -0.05) is 26.0 Å². The van der Waals surface area contributed by atoms with E-state index >= 15 is 0 Å². The molecule has 34 heavy (non-hydrogen) atoms. The summed E-state index contributed by atoms with van der Waals surface area (Å²) in [5, 5.41) is 19.9. The Morgan fingerprint density at radius 1 is 0.971 bits per heavy atom. The van der Waals surface area contributed by atoms with E-state index in [0.29, 0.717) is 33.4 Å². The molecule has 0 fully saturated rings. The number of carbonyl (C=O) groups is 1. The third kappa shape index (κ3) is 3.80. The molecule has 8 heteroatoms. The third-order valence-electron chi connectivity index (χ3n) is 5.86. The SMILES string of the molecule is COc1cc(-n2c(C(C)(C)CO)c(-c3ccc(C(=O)O)cc3)c3cc(F)c(F)cc32)ccc1F. The first kappa shape index (κ1) is 23.4. The quantitative estimate of drug-likeness (QED) is 0.381. The highest BCUT2D eigenvalue weighted by molar-refractivity contribution is 6.00. The summed E-state index contributed by atoms with van der Waals surface area (Å²) in [6.45, 7) is 3.22. The van der Waals surface area contributed by atoms with Crippen molar-refractivity contribution in [3.05, 3.63) is 83.3 Å². The molecule has 0 bridgehead atoms. The van der Waals surface area contributed by atoms with Gasteiger partial charge in [0.05, 0.1) is 24.8 Å². The maximum absolute atomic E-state index is 14.4. The number of carboxylic acid groups (broad SMARTS) is 1. The van der Waals surface area contributed by atoms with Crippen LogP contribution in [0.5, 0.6) is 5.75 Å². The van der Waals surface area contributed by atoms with Gasteiger partial charge in [0.2, 0.25) is 0 Å². The largest absolute Gasteiger partial charge is 0.494 e. The van der Waals surface area contributed by atoms with Crippen LogP contribution in [0, 0.1) is 17.5 Å². The first-order chi connectivity index (χ1) is 16.1. The summed E-state index contributed by atoms with van der Waals surface area (Å²) >= 11 is 0. The molecule has 1 aromatic heterocycles. The second-order valence-electron chi connectivity index (χ2n) is 8.59. The van der Waals surface area contributed by atoms with Gasteiger partial charge < -0.3 is 19.5 Å². The lowest BCUT2D eigenvalue weighted by Gasteiger charge is -2.27. The monoisotopic (exact) mass is 469 g/mol. The van der Waals surface area contributed by atoms with E-state index in [1.165, 1.54) is 37.4 Å². The number of fused-ring (bicyclic) bond motifs is 1. The number of hydrogen-bond acceptors (Lipinski definition) is 3. The molecule has 0 aliphatic carbocycles. The zero-order chi connectivity index (χ0) is 24.8. The fourth-order valence-corrected chi connectivity index (χ4v) is 4.12. The Balaban J connectivity index is 2.18. The molecular formula is C26H22F3NO4. The molecule has 5 nitrogen and oxygen atoms in total. The Bertz CT molecular complexity index is 1410. The molecule has 0 aliphatic heterocycles. The van der Waals surface area contributed by atoms with Gasteiger partial charge in [0.25, 0.3) is 0 Å². The van der Waals surface area contributed by atoms with Crippen LogP contribution in [0.2, 0.25) is 0 Å². The van der Waals surface area contributed by atoms with E-state index in [1.54, 1.807) is 30.5 Å². The van der Waals surface area contributed by atoms with E-state index < -0.39 is 28.8 Å². The minimum Gasteiger partial charge on any atom is -0.494 e. The van der Waals surface area contributed by atoms with Crippen LogP contribution in [0.25, 0.3) is 27.7 Å². The number of carboxylic acids is 1. The summed E-state index contributed by atoms with van der Waals surface area (Å²) < 4.78 is 49.8. The van der Waals surface area contributed by atoms with Crippen LogP contribution >= 0.6 is 0 Å². The standard InChI is InChI=1S/C26H22F3NO4/c1-26(2,13-31)24-23(14-4-6-15(7-5-14)25(32)33)17-11-19(28)20(29)12-21(17)30(24)16-8-9-18(27)22(10-16)34-3/h4-12,31H,13H2,1-3H3,(H,32,33). The minimum absolute atomic E-state index is 0.0398. The van der Waals surface area contributed by atoms with Gasteiger partial charge in [-0.3, -0.25) is 0 Å². The number of halogens is 3. The van der Waals surface area contributed by atoms with Crippen LogP contribution in [-0.2, 0) is 5.41 Å². The van der Waals surface area contributed by atoms with Crippen molar-refractivity contribution in [2.45, 2.75) is 19.3 Å². The molecule has 3 aromatic carbocycles. The zero-order valence-electron chi connectivity index (χ0n) is 18.7. The van der Waals surface area contributed by atoms with Crippen molar-refractivity contribution in [2.24, 2.45) is 0 Å². The van der Waals surface area contributed by atoms with E-state index in [4.69, 9.17) is 4.74 Å². The van der Waals surface area contributed by atoms with Gasteiger partial charge in [-0.05, 0) is 35.9 Å². The highest BCUT2D eigenvalue weighted by Gasteiger charge is 2.32. The molecule has 4 rings (SSSR count). The molecular weight excluding hydrogens is 447 g/mol. The van der Waals surface area contributed by atoms with Crippen LogP contribution in [-0.4, -0.2) is 34.5 Å². The Morgan fingerprint density at radius 2 is 1.62 bits per heavy atom. The second-order valence-corrected chi connectivity index (χ2v) is 8.59. The fraction of sp³-hybridized carbons (Fsp3) is 0.192. The van der Waals surface area contributed by atoms with E-state index in [9.17, 15) is 28.2 Å².